The lowest BCUT2D eigenvalue weighted by Crippen LogP contribution is -2.06. The second-order valence-corrected chi connectivity index (χ2v) is 6.28. The average molecular weight is 364 g/mol. The zero-order valence-corrected chi connectivity index (χ0v) is 14.6. The van der Waals surface area contributed by atoms with Crippen LogP contribution in [0.3, 0.4) is 0 Å². The van der Waals surface area contributed by atoms with Gasteiger partial charge in [-0.25, -0.2) is 0 Å². The number of benzene rings is 1. The van der Waals surface area contributed by atoms with E-state index in [1.165, 1.54) is 18.9 Å². The van der Waals surface area contributed by atoms with Crippen LogP contribution in [0.5, 0.6) is 5.75 Å². The van der Waals surface area contributed by atoms with Gasteiger partial charge in [0.2, 0.25) is 0 Å². The van der Waals surface area contributed by atoms with Crippen molar-refractivity contribution in [2.24, 2.45) is 7.05 Å². The van der Waals surface area contributed by atoms with Gasteiger partial charge < -0.3 is 13.7 Å². The zero-order valence-electron chi connectivity index (χ0n) is 13.0. The fraction of sp³-hybridized carbons (Fsp3) is 0.188. The number of halogens is 1. The summed E-state index contributed by atoms with van der Waals surface area (Å²) < 4.78 is 12.3. The smallest absolute Gasteiger partial charge is 0.200 e. The number of methoxy groups -OCH3 is 1. The third kappa shape index (κ3) is 3.32. The van der Waals surface area contributed by atoms with Crippen molar-refractivity contribution in [1.82, 2.24) is 14.8 Å². The number of carbonyl (C=O) groups is 1. The Morgan fingerprint density at radius 1 is 1.38 bits per heavy atom. The van der Waals surface area contributed by atoms with Crippen molar-refractivity contribution >= 4 is 29.1 Å². The summed E-state index contributed by atoms with van der Waals surface area (Å²) in [6.45, 7) is 0. The number of hydrogen-bond acceptors (Lipinski definition) is 6. The minimum absolute atomic E-state index is 0.0955. The lowest BCUT2D eigenvalue weighted by Gasteiger charge is -2.08. The summed E-state index contributed by atoms with van der Waals surface area (Å²) in [5, 5.41) is 9.31. The van der Waals surface area contributed by atoms with Gasteiger partial charge in [-0.1, -0.05) is 23.4 Å². The maximum absolute atomic E-state index is 12.5. The Morgan fingerprint density at radius 3 is 2.92 bits per heavy atom. The van der Waals surface area contributed by atoms with E-state index in [4.69, 9.17) is 20.8 Å². The molecule has 0 amide bonds. The predicted molar refractivity (Wildman–Crippen MR) is 91.8 cm³/mol. The lowest BCUT2D eigenvalue weighted by molar-refractivity contribution is 0.101. The number of ether oxygens (including phenoxy) is 1. The summed E-state index contributed by atoms with van der Waals surface area (Å²) in [7, 11) is 3.34. The molecule has 8 heteroatoms. The zero-order chi connectivity index (χ0) is 17.1. The molecule has 0 aliphatic carbocycles. The van der Waals surface area contributed by atoms with Crippen molar-refractivity contribution in [1.29, 1.82) is 0 Å². The Bertz CT molecular complexity index is 862. The van der Waals surface area contributed by atoms with Gasteiger partial charge in [0.25, 0.3) is 0 Å². The molecule has 0 bridgehead atoms. The lowest BCUT2D eigenvalue weighted by atomic mass is 10.1. The molecule has 0 radical (unpaired) electrons. The van der Waals surface area contributed by atoms with E-state index in [1.807, 2.05) is 7.05 Å². The van der Waals surface area contributed by atoms with Crippen LogP contribution in [0.4, 0.5) is 0 Å². The minimum atomic E-state index is -0.0955. The molecule has 1 aromatic carbocycles. The molecule has 3 aromatic rings. The number of nitrogens with zero attached hydrogens (tertiary/aromatic N) is 3. The van der Waals surface area contributed by atoms with Gasteiger partial charge in [0, 0.05) is 12.1 Å². The highest BCUT2D eigenvalue weighted by Gasteiger charge is 2.17. The average Bonchev–Trinajstić information content (AvgIpc) is 3.22. The molecule has 0 saturated carbocycles. The first-order valence-electron chi connectivity index (χ1n) is 7.03. The first-order chi connectivity index (χ1) is 11.6. The molecule has 0 N–H and O–H groups in total. The van der Waals surface area contributed by atoms with E-state index in [-0.39, 0.29) is 11.5 Å². The van der Waals surface area contributed by atoms with Crippen LogP contribution in [0.1, 0.15) is 10.4 Å². The van der Waals surface area contributed by atoms with Crippen LogP contribution in [-0.4, -0.2) is 33.4 Å². The van der Waals surface area contributed by atoms with Crippen molar-refractivity contribution in [3.8, 4) is 17.3 Å². The number of carbonyl (C=O) groups excluding carboxylic acids is 1. The molecule has 6 nitrogen and oxygen atoms in total. The van der Waals surface area contributed by atoms with Gasteiger partial charge in [0.15, 0.2) is 22.5 Å². The Balaban J connectivity index is 1.75. The molecule has 2 heterocycles. The molecule has 0 aliphatic rings. The third-order valence-electron chi connectivity index (χ3n) is 3.37. The first-order valence-corrected chi connectivity index (χ1v) is 8.39. The highest BCUT2D eigenvalue weighted by Crippen LogP contribution is 2.27. The fourth-order valence-electron chi connectivity index (χ4n) is 2.17. The van der Waals surface area contributed by atoms with Gasteiger partial charge in [0.05, 0.1) is 24.7 Å². The normalized spacial score (nSPS) is 10.8. The van der Waals surface area contributed by atoms with Gasteiger partial charge >= 0.3 is 0 Å². The summed E-state index contributed by atoms with van der Waals surface area (Å²) in [6.07, 6.45) is 1.58. The molecular weight excluding hydrogens is 350 g/mol. The second kappa shape index (κ2) is 7.11. The van der Waals surface area contributed by atoms with E-state index in [9.17, 15) is 4.79 Å². The van der Waals surface area contributed by atoms with Crippen LogP contribution in [0.25, 0.3) is 11.6 Å². The van der Waals surface area contributed by atoms with Gasteiger partial charge in [-0.2, -0.15) is 0 Å². The van der Waals surface area contributed by atoms with E-state index in [2.05, 4.69) is 10.2 Å². The SMILES string of the molecule is COc1ccc(Cl)cc1C(=O)CSc1nnc(-c2ccco2)n1C. The minimum Gasteiger partial charge on any atom is -0.496 e. The molecular formula is C16H14ClN3O3S. The van der Waals surface area contributed by atoms with E-state index >= 15 is 0 Å². The molecule has 0 unspecified atom stereocenters. The number of ketones is 1. The van der Waals surface area contributed by atoms with E-state index in [0.717, 1.165) is 0 Å². The largest absolute Gasteiger partial charge is 0.496 e. The first kappa shape index (κ1) is 16.6. The van der Waals surface area contributed by atoms with Crippen LogP contribution < -0.4 is 4.74 Å². The summed E-state index contributed by atoms with van der Waals surface area (Å²) in [6, 6.07) is 8.56. The van der Waals surface area contributed by atoms with Crippen molar-refractivity contribution in [2.75, 3.05) is 12.9 Å². The maximum Gasteiger partial charge on any atom is 0.200 e. The molecule has 0 saturated heterocycles. The van der Waals surface area contributed by atoms with Gasteiger partial charge in [-0.3, -0.25) is 4.79 Å². The number of Topliss-reactive ketones (excluding diaryl/α,β-unsaturated/α-hetero) is 1. The topological polar surface area (TPSA) is 70.2 Å². The molecule has 0 spiro atoms. The Kier molecular flexibility index (Phi) is 4.92. The standard InChI is InChI=1S/C16H14ClN3O3S/c1-20-15(14-4-3-7-23-14)18-19-16(20)24-9-12(21)11-8-10(17)5-6-13(11)22-2/h3-8H,9H2,1-2H3. The van der Waals surface area contributed by atoms with Crippen molar-refractivity contribution in [3.05, 3.63) is 47.2 Å². The van der Waals surface area contributed by atoms with Crippen molar-refractivity contribution in [3.63, 3.8) is 0 Å². The Morgan fingerprint density at radius 2 is 2.21 bits per heavy atom. The monoisotopic (exact) mass is 363 g/mol. The summed E-state index contributed by atoms with van der Waals surface area (Å²) in [4.78, 5) is 12.5. The quantitative estimate of drug-likeness (QED) is 0.491. The van der Waals surface area contributed by atoms with E-state index in [1.54, 1.807) is 41.2 Å². The molecule has 24 heavy (non-hydrogen) atoms. The Hall–Kier alpha value is -2.25. The molecule has 0 atom stereocenters. The van der Waals surface area contributed by atoms with Crippen molar-refractivity contribution in [2.45, 2.75) is 5.16 Å². The Labute approximate surface area is 147 Å². The number of furan rings is 1. The van der Waals surface area contributed by atoms with Crippen LogP contribution in [0.2, 0.25) is 5.02 Å². The van der Waals surface area contributed by atoms with Crippen molar-refractivity contribution < 1.29 is 13.9 Å². The van der Waals surface area contributed by atoms with Crippen LogP contribution in [0, 0.1) is 0 Å². The van der Waals surface area contributed by atoms with Crippen LogP contribution >= 0.6 is 23.4 Å². The van der Waals surface area contributed by atoms with Gasteiger partial charge in [0.1, 0.15) is 5.75 Å². The molecule has 0 aliphatic heterocycles. The molecule has 124 valence electrons. The highest BCUT2D eigenvalue weighted by molar-refractivity contribution is 7.99. The van der Waals surface area contributed by atoms with Crippen LogP contribution in [0.15, 0.2) is 46.2 Å². The second-order valence-electron chi connectivity index (χ2n) is 4.90. The number of thioether (sulfide) groups is 1. The predicted octanol–water partition coefficient (Wildman–Crippen LogP) is 3.71. The fourth-order valence-corrected chi connectivity index (χ4v) is 3.13. The van der Waals surface area contributed by atoms with Gasteiger partial charge in [-0.05, 0) is 30.3 Å². The number of aromatic nitrogens is 3. The van der Waals surface area contributed by atoms with Gasteiger partial charge in [-0.15, -0.1) is 10.2 Å². The van der Waals surface area contributed by atoms with Crippen LogP contribution in [-0.2, 0) is 7.05 Å². The molecule has 2 aromatic heterocycles. The summed E-state index contributed by atoms with van der Waals surface area (Å²) >= 11 is 7.26. The number of hydrogen-bond donors (Lipinski definition) is 0. The number of rotatable bonds is 6. The molecule has 3 rings (SSSR count). The summed E-state index contributed by atoms with van der Waals surface area (Å²) in [5.74, 6) is 1.83. The van der Waals surface area contributed by atoms with E-state index < -0.39 is 0 Å². The summed E-state index contributed by atoms with van der Waals surface area (Å²) in [5.41, 5.74) is 0.450. The maximum atomic E-state index is 12.5. The third-order valence-corrected chi connectivity index (χ3v) is 4.63. The molecule has 0 fully saturated rings. The highest BCUT2D eigenvalue weighted by atomic mass is 35.5. The van der Waals surface area contributed by atoms with E-state index in [0.29, 0.717) is 33.1 Å².